The summed E-state index contributed by atoms with van der Waals surface area (Å²) in [5.74, 6) is 0.807. The SMILES string of the molecule is Cc1cccc(OCc2ccc([N+](=O)[O-])c(N)c2)c1C. The van der Waals surface area contributed by atoms with Gasteiger partial charge in [-0.2, -0.15) is 0 Å². The molecule has 0 bridgehead atoms. The summed E-state index contributed by atoms with van der Waals surface area (Å²) >= 11 is 0. The van der Waals surface area contributed by atoms with Crippen molar-refractivity contribution < 1.29 is 9.66 Å². The number of nitrogen functional groups attached to an aromatic ring is 1. The Morgan fingerprint density at radius 1 is 1.25 bits per heavy atom. The second-order valence-corrected chi connectivity index (χ2v) is 4.64. The molecule has 5 heteroatoms. The first-order valence-electron chi connectivity index (χ1n) is 6.21. The second kappa shape index (κ2) is 5.61. The first kappa shape index (κ1) is 13.9. The first-order chi connectivity index (χ1) is 9.49. The highest BCUT2D eigenvalue weighted by atomic mass is 16.6. The molecule has 2 N–H and O–H groups in total. The van der Waals surface area contributed by atoms with E-state index in [1.165, 1.54) is 6.07 Å². The van der Waals surface area contributed by atoms with Crippen molar-refractivity contribution in [3.8, 4) is 5.75 Å². The number of benzene rings is 2. The molecule has 20 heavy (non-hydrogen) atoms. The minimum atomic E-state index is -0.495. The van der Waals surface area contributed by atoms with Crippen molar-refractivity contribution in [2.75, 3.05) is 5.73 Å². The number of hydrogen-bond acceptors (Lipinski definition) is 4. The van der Waals surface area contributed by atoms with Gasteiger partial charge in [0.15, 0.2) is 0 Å². The van der Waals surface area contributed by atoms with Gasteiger partial charge < -0.3 is 10.5 Å². The number of ether oxygens (including phenoxy) is 1. The highest BCUT2D eigenvalue weighted by Gasteiger charge is 2.11. The van der Waals surface area contributed by atoms with Crippen LogP contribution in [0.2, 0.25) is 0 Å². The quantitative estimate of drug-likeness (QED) is 0.525. The Hall–Kier alpha value is -2.56. The summed E-state index contributed by atoms with van der Waals surface area (Å²) < 4.78 is 5.73. The van der Waals surface area contributed by atoms with Crippen molar-refractivity contribution in [2.45, 2.75) is 20.5 Å². The molecule has 0 aromatic heterocycles. The van der Waals surface area contributed by atoms with E-state index in [2.05, 4.69) is 0 Å². The summed E-state index contributed by atoms with van der Waals surface area (Å²) in [7, 11) is 0. The average molecular weight is 272 g/mol. The third kappa shape index (κ3) is 2.88. The van der Waals surface area contributed by atoms with Gasteiger partial charge in [0.25, 0.3) is 5.69 Å². The van der Waals surface area contributed by atoms with Crippen molar-refractivity contribution in [1.82, 2.24) is 0 Å². The normalized spacial score (nSPS) is 10.3. The minimum Gasteiger partial charge on any atom is -0.489 e. The second-order valence-electron chi connectivity index (χ2n) is 4.64. The smallest absolute Gasteiger partial charge is 0.292 e. The van der Waals surface area contributed by atoms with Crippen molar-refractivity contribution in [3.63, 3.8) is 0 Å². The number of nitro groups is 1. The monoisotopic (exact) mass is 272 g/mol. The largest absolute Gasteiger partial charge is 0.489 e. The molecule has 0 atom stereocenters. The molecule has 0 spiro atoms. The fraction of sp³-hybridized carbons (Fsp3) is 0.200. The fourth-order valence-corrected chi connectivity index (χ4v) is 1.90. The van der Waals surface area contributed by atoms with Crippen LogP contribution in [0.15, 0.2) is 36.4 Å². The van der Waals surface area contributed by atoms with Crippen LogP contribution >= 0.6 is 0 Å². The van der Waals surface area contributed by atoms with Gasteiger partial charge in [-0.05, 0) is 48.7 Å². The molecule has 5 nitrogen and oxygen atoms in total. The predicted molar refractivity (Wildman–Crippen MR) is 77.8 cm³/mol. The van der Waals surface area contributed by atoms with E-state index in [1.54, 1.807) is 12.1 Å². The molecule has 104 valence electrons. The lowest BCUT2D eigenvalue weighted by atomic mass is 10.1. The van der Waals surface area contributed by atoms with Gasteiger partial charge in [-0.3, -0.25) is 10.1 Å². The highest BCUT2D eigenvalue weighted by molar-refractivity contribution is 5.59. The van der Waals surface area contributed by atoms with E-state index in [0.717, 1.165) is 22.4 Å². The summed E-state index contributed by atoms with van der Waals surface area (Å²) in [6.45, 7) is 4.34. The fourth-order valence-electron chi connectivity index (χ4n) is 1.90. The van der Waals surface area contributed by atoms with Gasteiger partial charge >= 0.3 is 0 Å². The van der Waals surface area contributed by atoms with Crippen LogP contribution in [0.4, 0.5) is 11.4 Å². The Morgan fingerprint density at radius 3 is 2.65 bits per heavy atom. The number of nitro benzene ring substituents is 1. The Kier molecular flexibility index (Phi) is 3.89. The number of nitrogens with zero attached hydrogens (tertiary/aromatic N) is 1. The molecule has 0 unspecified atom stereocenters. The average Bonchev–Trinajstić information content (AvgIpc) is 2.40. The third-order valence-corrected chi connectivity index (χ3v) is 3.24. The molecule has 2 aromatic carbocycles. The van der Waals surface area contributed by atoms with E-state index < -0.39 is 4.92 Å². The maximum Gasteiger partial charge on any atom is 0.292 e. The van der Waals surface area contributed by atoms with E-state index in [9.17, 15) is 10.1 Å². The van der Waals surface area contributed by atoms with Gasteiger partial charge in [-0.15, -0.1) is 0 Å². The van der Waals surface area contributed by atoms with E-state index in [0.29, 0.717) is 6.61 Å². The van der Waals surface area contributed by atoms with E-state index in [-0.39, 0.29) is 11.4 Å². The molecule has 0 fully saturated rings. The van der Waals surface area contributed by atoms with Gasteiger partial charge in [-0.25, -0.2) is 0 Å². The molecule has 0 radical (unpaired) electrons. The zero-order valence-electron chi connectivity index (χ0n) is 11.4. The van der Waals surface area contributed by atoms with Gasteiger partial charge in [0.2, 0.25) is 0 Å². The minimum absolute atomic E-state index is 0.0829. The summed E-state index contributed by atoms with van der Waals surface area (Å²) in [5.41, 5.74) is 8.76. The molecular formula is C15H16N2O3. The van der Waals surface area contributed by atoms with Crippen LogP contribution in [0.3, 0.4) is 0 Å². The maximum absolute atomic E-state index is 10.7. The van der Waals surface area contributed by atoms with E-state index >= 15 is 0 Å². The molecule has 0 aliphatic carbocycles. The lowest BCUT2D eigenvalue weighted by molar-refractivity contribution is -0.383. The number of anilines is 1. The van der Waals surface area contributed by atoms with Crippen LogP contribution in [0.5, 0.6) is 5.75 Å². The van der Waals surface area contributed by atoms with Crippen molar-refractivity contribution in [3.05, 3.63) is 63.2 Å². The molecule has 0 amide bonds. The Morgan fingerprint density at radius 2 is 2.00 bits per heavy atom. The zero-order valence-corrected chi connectivity index (χ0v) is 11.4. The number of aryl methyl sites for hydroxylation is 1. The van der Waals surface area contributed by atoms with Crippen LogP contribution in [0.1, 0.15) is 16.7 Å². The summed E-state index contributed by atoms with van der Waals surface area (Å²) in [5, 5.41) is 10.7. The molecule has 0 heterocycles. The van der Waals surface area contributed by atoms with Crippen LogP contribution < -0.4 is 10.5 Å². The topological polar surface area (TPSA) is 78.4 Å². The molecule has 2 aromatic rings. The van der Waals surface area contributed by atoms with E-state index in [4.69, 9.17) is 10.5 Å². The molecule has 0 aliphatic heterocycles. The van der Waals surface area contributed by atoms with Crippen LogP contribution in [-0.4, -0.2) is 4.92 Å². The third-order valence-electron chi connectivity index (χ3n) is 3.24. The molecule has 0 saturated heterocycles. The summed E-state index contributed by atoms with van der Waals surface area (Å²) in [6, 6.07) is 10.5. The number of rotatable bonds is 4. The molecular weight excluding hydrogens is 256 g/mol. The standard InChI is InChI=1S/C15H16N2O3/c1-10-4-3-5-15(11(10)2)20-9-12-6-7-14(17(18)19)13(16)8-12/h3-8H,9,16H2,1-2H3. The van der Waals surface area contributed by atoms with E-state index in [1.807, 2.05) is 32.0 Å². The van der Waals surface area contributed by atoms with Crippen molar-refractivity contribution in [1.29, 1.82) is 0 Å². The lowest BCUT2D eigenvalue weighted by Gasteiger charge is -2.11. The van der Waals surface area contributed by atoms with Gasteiger partial charge in [0.1, 0.15) is 18.0 Å². The van der Waals surface area contributed by atoms with Crippen LogP contribution in [0, 0.1) is 24.0 Å². The van der Waals surface area contributed by atoms with Gasteiger partial charge in [0, 0.05) is 6.07 Å². The first-order valence-corrected chi connectivity index (χ1v) is 6.21. The molecule has 0 aliphatic rings. The number of hydrogen-bond donors (Lipinski definition) is 1. The van der Waals surface area contributed by atoms with Crippen LogP contribution in [0.25, 0.3) is 0 Å². The van der Waals surface area contributed by atoms with Gasteiger partial charge in [0.05, 0.1) is 4.92 Å². The van der Waals surface area contributed by atoms with Crippen molar-refractivity contribution >= 4 is 11.4 Å². The predicted octanol–water partition coefficient (Wildman–Crippen LogP) is 3.37. The summed E-state index contributed by atoms with van der Waals surface area (Å²) in [6.07, 6.45) is 0. The van der Waals surface area contributed by atoms with Crippen LogP contribution in [-0.2, 0) is 6.61 Å². The zero-order chi connectivity index (χ0) is 14.7. The maximum atomic E-state index is 10.7. The summed E-state index contributed by atoms with van der Waals surface area (Å²) in [4.78, 5) is 10.2. The Balaban J connectivity index is 2.13. The van der Waals surface area contributed by atoms with Gasteiger partial charge in [-0.1, -0.05) is 12.1 Å². The molecule has 0 saturated carbocycles. The molecule has 2 rings (SSSR count). The highest BCUT2D eigenvalue weighted by Crippen LogP contribution is 2.25. The number of nitrogens with two attached hydrogens (primary N) is 1. The Bertz CT molecular complexity index is 654. The Labute approximate surface area is 117 Å². The lowest BCUT2D eigenvalue weighted by Crippen LogP contribution is -2.01. The van der Waals surface area contributed by atoms with Crippen molar-refractivity contribution in [2.24, 2.45) is 0 Å².